The summed E-state index contributed by atoms with van der Waals surface area (Å²) in [5, 5.41) is 0. The van der Waals surface area contributed by atoms with Crippen molar-refractivity contribution in [2.45, 2.75) is 51.9 Å². The molecule has 21 heavy (non-hydrogen) atoms. The highest BCUT2D eigenvalue weighted by atomic mass is 14.2. The Morgan fingerprint density at radius 2 is 1.52 bits per heavy atom. The third kappa shape index (κ3) is 4.20. The molecular formula is C21H26. The summed E-state index contributed by atoms with van der Waals surface area (Å²) in [4.78, 5) is 0. The third-order valence-corrected chi connectivity index (χ3v) is 4.70. The van der Waals surface area contributed by atoms with Crippen LogP contribution in [-0.2, 0) is 12.8 Å². The summed E-state index contributed by atoms with van der Waals surface area (Å²) >= 11 is 0. The van der Waals surface area contributed by atoms with Crippen LogP contribution >= 0.6 is 0 Å². The molecule has 2 aromatic rings. The van der Waals surface area contributed by atoms with E-state index in [2.05, 4.69) is 55.5 Å². The lowest BCUT2D eigenvalue weighted by molar-refractivity contribution is 0.356. The minimum atomic E-state index is 0.921. The molecule has 110 valence electrons. The smallest absolute Gasteiger partial charge is 0.00256 e. The number of aryl methyl sites for hydroxylation is 1. The lowest BCUT2D eigenvalue weighted by atomic mass is 9.84. The van der Waals surface area contributed by atoms with Crippen LogP contribution in [0.15, 0.2) is 48.5 Å². The van der Waals surface area contributed by atoms with E-state index in [0.29, 0.717) is 0 Å². The fourth-order valence-electron chi connectivity index (χ4n) is 3.72. The highest BCUT2D eigenvalue weighted by Crippen LogP contribution is 2.27. The Labute approximate surface area is 129 Å². The van der Waals surface area contributed by atoms with Gasteiger partial charge in [-0.2, -0.15) is 0 Å². The molecule has 1 aliphatic carbocycles. The first-order valence-corrected chi connectivity index (χ1v) is 8.43. The molecule has 3 rings (SSSR count). The van der Waals surface area contributed by atoms with Crippen molar-refractivity contribution >= 4 is 0 Å². The molecule has 0 heteroatoms. The van der Waals surface area contributed by atoms with Gasteiger partial charge in [0.1, 0.15) is 0 Å². The van der Waals surface area contributed by atoms with Gasteiger partial charge in [0.2, 0.25) is 0 Å². The van der Waals surface area contributed by atoms with Gasteiger partial charge in [-0.25, -0.2) is 0 Å². The molecule has 0 radical (unpaired) electrons. The highest BCUT2D eigenvalue weighted by Gasteiger charge is 2.14. The normalized spacial score (nSPS) is 16.0. The summed E-state index contributed by atoms with van der Waals surface area (Å²) < 4.78 is 0. The van der Waals surface area contributed by atoms with Gasteiger partial charge in [0.05, 0.1) is 0 Å². The minimum absolute atomic E-state index is 0.921. The molecule has 0 aliphatic heterocycles. The summed E-state index contributed by atoms with van der Waals surface area (Å²) in [6.45, 7) is 2.23. The molecule has 1 fully saturated rings. The van der Waals surface area contributed by atoms with Crippen molar-refractivity contribution in [3.05, 3.63) is 70.8 Å². The van der Waals surface area contributed by atoms with Gasteiger partial charge in [-0.15, -0.1) is 0 Å². The molecule has 0 N–H and O–H groups in total. The molecule has 0 atom stereocenters. The largest absolute Gasteiger partial charge is 0.0622 e. The van der Waals surface area contributed by atoms with Crippen LogP contribution < -0.4 is 0 Å². The predicted octanol–water partition coefficient (Wildman–Crippen LogP) is 5.71. The van der Waals surface area contributed by atoms with Crippen LogP contribution in [0, 0.1) is 12.8 Å². The molecule has 0 amide bonds. The second-order valence-electron chi connectivity index (χ2n) is 6.70. The fraction of sp³-hybridized carbons (Fsp3) is 0.429. The number of rotatable bonds is 4. The molecule has 0 aromatic heterocycles. The number of hydrogen-bond acceptors (Lipinski definition) is 0. The van der Waals surface area contributed by atoms with Crippen LogP contribution in [0.4, 0.5) is 0 Å². The van der Waals surface area contributed by atoms with E-state index in [9.17, 15) is 0 Å². The van der Waals surface area contributed by atoms with E-state index in [1.54, 1.807) is 5.56 Å². The average Bonchev–Trinajstić information content (AvgIpc) is 2.48. The van der Waals surface area contributed by atoms with Crippen LogP contribution in [0.3, 0.4) is 0 Å². The Morgan fingerprint density at radius 3 is 2.29 bits per heavy atom. The summed E-state index contributed by atoms with van der Waals surface area (Å²) in [6.07, 6.45) is 9.53. The maximum atomic E-state index is 2.44. The van der Waals surface area contributed by atoms with Crippen molar-refractivity contribution in [1.82, 2.24) is 0 Å². The molecule has 1 aliphatic rings. The monoisotopic (exact) mass is 278 g/mol. The van der Waals surface area contributed by atoms with E-state index in [1.807, 2.05) is 0 Å². The first kappa shape index (κ1) is 14.4. The maximum absolute atomic E-state index is 2.44. The summed E-state index contributed by atoms with van der Waals surface area (Å²) in [7, 11) is 0. The van der Waals surface area contributed by atoms with Gasteiger partial charge in [0, 0.05) is 0 Å². The number of benzene rings is 2. The summed E-state index contributed by atoms with van der Waals surface area (Å²) in [5.74, 6) is 0.921. The minimum Gasteiger partial charge on any atom is -0.0622 e. The second-order valence-corrected chi connectivity index (χ2v) is 6.70. The van der Waals surface area contributed by atoms with Crippen molar-refractivity contribution in [2.75, 3.05) is 0 Å². The van der Waals surface area contributed by atoms with Crippen molar-refractivity contribution in [3.8, 4) is 0 Å². The van der Waals surface area contributed by atoms with E-state index in [-0.39, 0.29) is 0 Å². The van der Waals surface area contributed by atoms with Crippen molar-refractivity contribution in [1.29, 1.82) is 0 Å². The van der Waals surface area contributed by atoms with Crippen LogP contribution in [-0.4, -0.2) is 0 Å². The van der Waals surface area contributed by atoms with E-state index < -0.39 is 0 Å². The van der Waals surface area contributed by atoms with Crippen molar-refractivity contribution in [2.24, 2.45) is 5.92 Å². The van der Waals surface area contributed by atoms with Gasteiger partial charge in [-0.1, -0.05) is 86.2 Å². The van der Waals surface area contributed by atoms with Gasteiger partial charge in [-0.05, 0) is 42.4 Å². The van der Waals surface area contributed by atoms with Crippen LogP contribution in [0.2, 0.25) is 0 Å². The highest BCUT2D eigenvalue weighted by molar-refractivity contribution is 5.33. The zero-order chi connectivity index (χ0) is 14.5. The molecule has 0 bridgehead atoms. The lowest BCUT2D eigenvalue weighted by Crippen LogP contribution is -2.09. The Morgan fingerprint density at radius 1 is 0.810 bits per heavy atom. The Hall–Kier alpha value is -1.56. The standard InChI is InChI=1S/C21H26/c1-17-12-20(14-18-8-4-2-5-9-18)16-21(13-17)15-19-10-6-3-7-11-19/h2,4-5,8-9,12-13,16,19H,3,6-7,10-11,14-15H2,1H3. The maximum Gasteiger partial charge on any atom is -0.00256 e. The van der Waals surface area contributed by atoms with E-state index in [4.69, 9.17) is 0 Å². The predicted molar refractivity (Wildman–Crippen MR) is 90.7 cm³/mol. The van der Waals surface area contributed by atoms with Crippen LogP contribution in [0.5, 0.6) is 0 Å². The van der Waals surface area contributed by atoms with E-state index in [1.165, 1.54) is 55.2 Å². The lowest BCUT2D eigenvalue weighted by Gasteiger charge is -2.22. The Kier molecular flexibility index (Phi) is 4.75. The molecule has 0 spiro atoms. The topological polar surface area (TPSA) is 0 Å². The van der Waals surface area contributed by atoms with Crippen molar-refractivity contribution in [3.63, 3.8) is 0 Å². The molecular weight excluding hydrogens is 252 g/mol. The molecule has 0 heterocycles. The average molecular weight is 278 g/mol. The molecule has 2 aromatic carbocycles. The van der Waals surface area contributed by atoms with Crippen LogP contribution in [0.1, 0.15) is 54.4 Å². The molecule has 0 unspecified atom stereocenters. The van der Waals surface area contributed by atoms with Gasteiger partial charge in [0.25, 0.3) is 0 Å². The number of hydrogen-bond donors (Lipinski definition) is 0. The molecule has 0 nitrogen and oxygen atoms in total. The SMILES string of the molecule is Cc1cc(Cc2ccccc2)cc(CC2CCCCC2)c1. The summed E-state index contributed by atoms with van der Waals surface area (Å²) in [6, 6.07) is 18.0. The zero-order valence-corrected chi connectivity index (χ0v) is 13.1. The summed E-state index contributed by atoms with van der Waals surface area (Å²) in [5.41, 5.74) is 5.83. The molecule has 0 saturated heterocycles. The third-order valence-electron chi connectivity index (χ3n) is 4.70. The first-order valence-electron chi connectivity index (χ1n) is 8.43. The first-order chi connectivity index (χ1) is 10.3. The van der Waals surface area contributed by atoms with Gasteiger partial charge >= 0.3 is 0 Å². The molecule has 1 saturated carbocycles. The van der Waals surface area contributed by atoms with Crippen LogP contribution in [0.25, 0.3) is 0 Å². The van der Waals surface area contributed by atoms with Gasteiger partial charge in [0.15, 0.2) is 0 Å². The quantitative estimate of drug-likeness (QED) is 0.672. The van der Waals surface area contributed by atoms with Gasteiger partial charge < -0.3 is 0 Å². The fourth-order valence-corrected chi connectivity index (χ4v) is 3.72. The van der Waals surface area contributed by atoms with E-state index in [0.717, 1.165) is 12.3 Å². The van der Waals surface area contributed by atoms with E-state index >= 15 is 0 Å². The van der Waals surface area contributed by atoms with Crippen molar-refractivity contribution < 1.29 is 0 Å². The van der Waals surface area contributed by atoms with Gasteiger partial charge in [-0.3, -0.25) is 0 Å². The second kappa shape index (κ2) is 6.93. The Bertz CT molecular complexity index is 562. The Balaban J connectivity index is 1.73. The zero-order valence-electron chi connectivity index (χ0n) is 13.1.